The molecule has 0 radical (unpaired) electrons. The molecule has 0 saturated heterocycles. The Morgan fingerprint density at radius 1 is 1.29 bits per heavy atom. The Hall–Kier alpha value is -1.27. The van der Waals surface area contributed by atoms with Gasteiger partial charge in [-0.05, 0) is 42.9 Å². The topological polar surface area (TPSA) is 84.2 Å². The predicted molar refractivity (Wildman–Crippen MR) is 86.8 cm³/mol. The van der Waals surface area contributed by atoms with Crippen molar-refractivity contribution in [3.05, 3.63) is 18.2 Å². The Balaban J connectivity index is 2.16. The standard InChI is InChI=1S/C15H25N3O2S/c1-3-15(8-5-9-15)11-17-14-10-12(6-7-13(14)16)21(19,20)18-4-2/h6-7,10,17-18H,3-5,8-9,11,16H2,1-2H3. The van der Waals surface area contributed by atoms with Gasteiger partial charge in [-0.1, -0.05) is 20.3 Å². The molecular formula is C15H25N3O2S. The molecule has 0 aliphatic heterocycles. The summed E-state index contributed by atoms with van der Waals surface area (Å²) in [6.45, 7) is 5.18. The Kier molecular flexibility index (Phi) is 4.78. The summed E-state index contributed by atoms with van der Waals surface area (Å²) in [7, 11) is -3.45. The molecule has 6 heteroatoms. The molecule has 0 heterocycles. The van der Waals surface area contributed by atoms with Gasteiger partial charge >= 0.3 is 0 Å². The highest BCUT2D eigenvalue weighted by Gasteiger charge is 2.34. The summed E-state index contributed by atoms with van der Waals surface area (Å²) >= 11 is 0. The van der Waals surface area contributed by atoms with Crippen LogP contribution in [0.15, 0.2) is 23.1 Å². The number of benzene rings is 1. The molecule has 0 atom stereocenters. The molecule has 0 amide bonds. The van der Waals surface area contributed by atoms with Crippen molar-refractivity contribution in [3.8, 4) is 0 Å². The van der Waals surface area contributed by atoms with Crippen LogP contribution in [0.4, 0.5) is 11.4 Å². The monoisotopic (exact) mass is 311 g/mol. The van der Waals surface area contributed by atoms with Gasteiger partial charge in [0.1, 0.15) is 0 Å². The van der Waals surface area contributed by atoms with Crippen LogP contribution in [0.25, 0.3) is 0 Å². The van der Waals surface area contributed by atoms with Gasteiger partial charge in [0.2, 0.25) is 10.0 Å². The Morgan fingerprint density at radius 2 is 2.00 bits per heavy atom. The SMILES string of the molecule is CCNS(=O)(=O)c1ccc(N)c(NCC2(CC)CCC2)c1. The van der Waals surface area contributed by atoms with Gasteiger partial charge in [-0.15, -0.1) is 0 Å². The molecule has 0 spiro atoms. The first-order valence-corrected chi connectivity index (χ1v) is 9.04. The average molecular weight is 311 g/mol. The molecule has 0 bridgehead atoms. The minimum Gasteiger partial charge on any atom is -0.397 e. The Morgan fingerprint density at radius 3 is 2.52 bits per heavy atom. The fraction of sp³-hybridized carbons (Fsp3) is 0.600. The van der Waals surface area contributed by atoms with Gasteiger partial charge in [-0.25, -0.2) is 13.1 Å². The van der Waals surface area contributed by atoms with E-state index in [9.17, 15) is 8.42 Å². The minimum absolute atomic E-state index is 0.250. The minimum atomic E-state index is -3.45. The van der Waals surface area contributed by atoms with Crippen LogP contribution in [0.5, 0.6) is 0 Å². The number of nitrogen functional groups attached to an aromatic ring is 1. The second kappa shape index (κ2) is 6.23. The quantitative estimate of drug-likeness (QED) is 0.676. The summed E-state index contributed by atoms with van der Waals surface area (Å²) < 4.78 is 26.6. The van der Waals surface area contributed by atoms with Gasteiger partial charge in [-0.3, -0.25) is 0 Å². The highest BCUT2D eigenvalue weighted by molar-refractivity contribution is 7.89. The molecule has 1 aliphatic rings. The summed E-state index contributed by atoms with van der Waals surface area (Å²) in [6.07, 6.45) is 4.87. The van der Waals surface area contributed by atoms with Gasteiger partial charge in [0.25, 0.3) is 0 Å². The van der Waals surface area contributed by atoms with Gasteiger partial charge in [0.15, 0.2) is 0 Å². The van der Waals surface area contributed by atoms with E-state index in [0.717, 1.165) is 13.0 Å². The first-order chi connectivity index (χ1) is 9.92. The molecule has 1 aromatic rings. The van der Waals surface area contributed by atoms with E-state index >= 15 is 0 Å². The molecule has 0 aromatic heterocycles. The molecular weight excluding hydrogens is 286 g/mol. The van der Waals surface area contributed by atoms with Crippen LogP contribution >= 0.6 is 0 Å². The summed E-state index contributed by atoms with van der Waals surface area (Å²) in [6, 6.07) is 4.80. The zero-order chi connectivity index (χ0) is 15.5. The molecule has 1 aliphatic carbocycles. The third-order valence-corrected chi connectivity index (χ3v) is 6.03. The molecule has 0 unspecified atom stereocenters. The average Bonchev–Trinajstić information content (AvgIpc) is 2.39. The first kappa shape index (κ1) is 16.1. The lowest BCUT2D eigenvalue weighted by Crippen LogP contribution is -2.36. The van der Waals surface area contributed by atoms with Crippen molar-refractivity contribution >= 4 is 21.4 Å². The summed E-state index contributed by atoms with van der Waals surface area (Å²) in [5, 5.41) is 3.34. The van der Waals surface area contributed by atoms with E-state index in [-0.39, 0.29) is 4.90 Å². The van der Waals surface area contributed by atoms with Crippen molar-refractivity contribution in [2.24, 2.45) is 5.41 Å². The van der Waals surface area contributed by atoms with Crippen LogP contribution in [0.3, 0.4) is 0 Å². The van der Waals surface area contributed by atoms with Crippen molar-refractivity contribution < 1.29 is 8.42 Å². The van der Waals surface area contributed by atoms with E-state index < -0.39 is 10.0 Å². The zero-order valence-corrected chi connectivity index (χ0v) is 13.6. The lowest BCUT2D eigenvalue weighted by molar-refractivity contribution is 0.145. The number of rotatable bonds is 7. The number of hydrogen-bond donors (Lipinski definition) is 3. The van der Waals surface area contributed by atoms with E-state index in [4.69, 9.17) is 5.73 Å². The molecule has 4 N–H and O–H groups in total. The Labute approximate surface area is 127 Å². The number of nitrogens with two attached hydrogens (primary N) is 1. The van der Waals surface area contributed by atoms with Gasteiger partial charge in [0.05, 0.1) is 16.3 Å². The number of nitrogens with one attached hydrogen (secondary N) is 2. The molecule has 1 aromatic carbocycles. The molecule has 118 valence electrons. The van der Waals surface area contributed by atoms with Crippen LogP contribution < -0.4 is 15.8 Å². The summed E-state index contributed by atoms with van der Waals surface area (Å²) in [5.74, 6) is 0. The fourth-order valence-corrected chi connectivity index (χ4v) is 3.81. The van der Waals surface area contributed by atoms with Crippen LogP contribution in [0, 0.1) is 5.41 Å². The van der Waals surface area contributed by atoms with E-state index in [1.807, 2.05) is 0 Å². The second-order valence-electron chi connectivity index (χ2n) is 5.81. The molecule has 1 saturated carbocycles. The van der Waals surface area contributed by atoms with Crippen molar-refractivity contribution in [3.63, 3.8) is 0 Å². The van der Waals surface area contributed by atoms with E-state index in [1.54, 1.807) is 19.1 Å². The summed E-state index contributed by atoms with van der Waals surface area (Å²) in [5.41, 5.74) is 7.59. The number of hydrogen-bond acceptors (Lipinski definition) is 4. The lowest BCUT2D eigenvalue weighted by Gasteiger charge is -2.41. The molecule has 5 nitrogen and oxygen atoms in total. The molecule has 2 rings (SSSR count). The Bertz CT molecular complexity index is 589. The fourth-order valence-electron chi connectivity index (χ4n) is 2.74. The normalized spacial score (nSPS) is 17.2. The maximum atomic E-state index is 12.0. The highest BCUT2D eigenvalue weighted by Crippen LogP contribution is 2.44. The van der Waals surface area contributed by atoms with Crippen molar-refractivity contribution in [2.45, 2.75) is 44.4 Å². The van der Waals surface area contributed by atoms with E-state index in [1.165, 1.54) is 25.3 Å². The van der Waals surface area contributed by atoms with E-state index in [2.05, 4.69) is 17.0 Å². The third-order valence-electron chi connectivity index (χ3n) is 4.49. The second-order valence-corrected chi connectivity index (χ2v) is 7.58. The van der Waals surface area contributed by atoms with Crippen molar-refractivity contribution in [1.82, 2.24) is 4.72 Å². The third kappa shape index (κ3) is 3.49. The van der Waals surface area contributed by atoms with Crippen LogP contribution in [-0.2, 0) is 10.0 Å². The maximum Gasteiger partial charge on any atom is 0.240 e. The highest BCUT2D eigenvalue weighted by atomic mass is 32.2. The number of anilines is 2. The predicted octanol–water partition coefficient (Wildman–Crippen LogP) is 2.56. The van der Waals surface area contributed by atoms with Gasteiger partial charge in [0, 0.05) is 13.1 Å². The maximum absolute atomic E-state index is 12.0. The van der Waals surface area contributed by atoms with Crippen molar-refractivity contribution in [2.75, 3.05) is 24.1 Å². The largest absolute Gasteiger partial charge is 0.397 e. The van der Waals surface area contributed by atoms with Crippen LogP contribution in [0.1, 0.15) is 39.5 Å². The van der Waals surface area contributed by atoms with Crippen LogP contribution in [-0.4, -0.2) is 21.5 Å². The molecule has 21 heavy (non-hydrogen) atoms. The van der Waals surface area contributed by atoms with Gasteiger partial charge < -0.3 is 11.1 Å². The lowest BCUT2D eigenvalue weighted by atomic mass is 9.67. The number of sulfonamides is 1. The van der Waals surface area contributed by atoms with Gasteiger partial charge in [-0.2, -0.15) is 0 Å². The smallest absolute Gasteiger partial charge is 0.240 e. The molecule has 1 fully saturated rings. The van der Waals surface area contributed by atoms with Crippen LogP contribution in [0.2, 0.25) is 0 Å². The summed E-state index contributed by atoms with van der Waals surface area (Å²) in [4.78, 5) is 0.250. The van der Waals surface area contributed by atoms with E-state index in [0.29, 0.717) is 23.3 Å². The van der Waals surface area contributed by atoms with Crippen molar-refractivity contribution in [1.29, 1.82) is 0 Å². The first-order valence-electron chi connectivity index (χ1n) is 7.55. The zero-order valence-electron chi connectivity index (χ0n) is 12.8.